The predicted molar refractivity (Wildman–Crippen MR) is 84.2 cm³/mol. The van der Waals surface area contributed by atoms with Crippen LogP contribution in [0.3, 0.4) is 0 Å². The van der Waals surface area contributed by atoms with E-state index in [0.29, 0.717) is 31.7 Å². The second kappa shape index (κ2) is 6.50. The van der Waals surface area contributed by atoms with E-state index >= 15 is 0 Å². The fourth-order valence-electron chi connectivity index (χ4n) is 2.87. The number of halogens is 1. The molecule has 5 nitrogen and oxygen atoms in total. The maximum absolute atomic E-state index is 13.1. The number of hydrogen-bond donors (Lipinski definition) is 0. The molecule has 1 fully saturated rings. The van der Waals surface area contributed by atoms with Crippen molar-refractivity contribution in [1.29, 1.82) is 0 Å². The molecule has 1 aromatic carbocycles. The smallest absolute Gasteiger partial charge is 0.257 e. The average Bonchev–Trinajstić information content (AvgIpc) is 2.98. The van der Waals surface area contributed by atoms with Gasteiger partial charge in [-0.3, -0.25) is 4.79 Å². The number of carbonyl (C=O) groups excluding carboxylic acids is 1. The van der Waals surface area contributed by atoms with Gasteiger partial charge in [-0.2, -0.15) is 5.10 Å². The van der Waals surface area contributed by atoms with Gasteiger partial charge in [0.25, 0.3) is 5.91 Å². The first-order chi connectivity index (χ1) is 11.1. The maximum atomic E-state index is 13.1. The van der Waals surface area contributed by atoms with Gasteiger partial charge in [-0.15, -0.1) is 0 Å². The Kier molecular flexibility index (Phi) is 4.43. The first-order valence-corrected chi connectivity index (χ1v) is 7.84. The molecule has 0 N–H and O–H groups in total. The summed E-state index contributed by atoms with van der Waals surface area (Å²) in [4.78, 5) is 14.6. The van der Waals surface area contributed by atoms with Crippen LogP contribution in [0, 0.1) is 5.82 Å². The Bertz CT molecular complexity index is 696. The summed E-state index contributed by atoms with van der Waals surface area (Å²) in [6, 6.07) is 6.10. The standard InChI is InChI=1S/C17H20FN3O2/c1-3-16-15(17(22)20-8-9-23-12(2)11-20)10-19-21(16)14-6-4-13(18)5-7-14/h4-7,10,12H,3,8-9,11H2,1-2H3. The lowest BCUT2D eigenvalue weighted by Crippen LogP contribution is -2.44. The van der Waals surface area contributed by atoms with E-state index in [2.05, 4.69) is 5.10 Å². The van der Waals surface area contributed by atoms with Crippen LogP contribution in [0.2, 0.25) is 0 Å². The number of amides is 1. The molecule has 6 heteroatoms. The molecule has 1 aromatic heterocycles. The zero-order chi connectivity index (χ0) is 16.4. The summed E-state index contributed by atoms with van der Waals surface area (Å²) in [6.45, 7) is 5.68. The van der Waals surface area contributed by atoms with Gasteiger partial charge in [0.1, 0.15) is 5.82 Å². The zero-order valence-corrected chi connectivity index (χ0v) is 13.3. The van der Waals surface area contributed by atoms with Crippen LogP contribution in [0.5, 0.6) is 0 Å². The van der Waals surface area contributed by atoms with Crippen molar-refractivity contribution >= 4 is 5.91 Å². The van der Waals surface area contributed by atoms with Crippen LogP contribution in [0.15, 0.2) is 30.5 Å². The van der Waals surface area contributed by atoms with Gasteiger partial charge in [-0.05, 0) is 37.6 Å². The van der Waals surface area contributed by atoms with Crippen molar-refractivity contribution in [2.24, 2.45) is 0 Å². The highest BCUT2D eigenvalue weighted by molar-refractivity contribution is 5.95. The molecule has 23 heavy (non-hydrogen) atoms. The van der Waals surface area contributed by atoms with Crippen molar-refractivity contribution in [3.05, 3.63) is 47.5 Å². The monoisotopic (exact) mass is 317 g/mol. The number of hydrogen-bond acceptors (Lipinski definition) is 3. The summed E-state index contributed by atoms with van der Waals surface area (Å²) in [7, 11) is 0. The fraction of sp³-hybridized carbons (Fsp3) is 0.412. The van der Waals surface area contributed by atoms with Gasteiger partial charge in [0, 0.05) is 13.1 Å². The molecule has 2 aromatic rings. The van der Waals surface area contributed by atoms with Crippen molar-refractivity contribution < 1.29 is 13.9 Å². The Labute approximate surface area is 134 Å². The van der Waals surface area contributed by atoms with Crippen molar-refractivity contribution in [2.75, 3.05) is 19.7 Å². The molecular formula is C17H20FN3O2. The van der Waals surface area contributed by atoms with Crippen LogP contribution in [0.1, 0.15) is 29.9 Å². The van der Waals surface area contributed by atoms with Gasteiger partial charge in [-0.1, -0.05) is 6.92 Å². The van der Waals surface area contributed by atoms with E-state index in [9.17, 15) is 9.18 Å². The highest BCUT2D eigenvalue weighted by Crippen LogP contribution is 2.19. The van der Waals surface area contributed by atoms with E-state index in [1.165, 1.54) is 12.1 Å². The summed E-state index contributed by atoms with van der Waals surface area (Å²) in [5.41, 5.74) is 2.18. The lowest BCUT2D eigenvalue weighted by atomic mass is 10.1. The summed E-state index contributed by atoms with van der Waals surface area (Å²) in [6.07, 6.45) is 2.31. The Morgan fingerprint density at radius 2 is 2.13 bits per heavy atom. The van der Waals surface area contributed by atoms with E-state index in [1.54, 1.807) is 27.9 Å². The summed E-state index contributed by atoms with van der Waals surface area (Å²) >= 11 is 0. The first-order valence-electron chi connectivity index (χ1n) is 7.84. The number of rotatable bonds is 3. The normalized spacial score (nSPS) is 18.2. The molecule has 1 aliphatic rings. The summed E-state index contributed by atoms with van der Waals surface area (Å²) < 4.78 is 20.3. The molecule has 0 radical (unpaired) electrons. The maximum Gasteiger partial charge on any atom is 0.257 e. The SMILES string of the molecule is CCc1c(C(=O)N2CCOC(C)C2)cnn1-c1ccc(F)cc1. The first kappa shape index (κ1) is 15.7. The van der Waals surface area contributed by atoms with Crippen LogP contribution in [0.4, 0.5) is 4.39 Å². The second-order valence-corrected chi connectivity index (χ2v) is 5.68. The molecule has 0 aliphatic carbocycles. The Balaban J connectivity index is 1.91. The largest absolute Gasteiger partial charge is 0.375 e. The predicted octanol–water partition coefficient (Wildman–Crippen LogP) is 2.43. The molecule has 0 saturated carbocycles. The zero-order valence-electron chi connectivity index (χ0n) is 13.3. The molecule has 122 valence electrons. The lowest BCUT2D eigenvalue weighted by Gasteiger charge is -2.31. The van der Waals surface area contributed by atoms with Gasteiger partial charge < -0.3 is 9.64 Å². The van der Waals surface area contributed by atoms with Crippen LogP contribution in [-0.4, -0.2) is 46.4 Å². The van der Waals surface area contributed by atoms with E-state index in [0.717, 1.165) is 11.4 Å². The molecule has 1 unspecified atom stereocenters. The minimum Gasteiger partial charge on any atom is -0.375 e. The van der Waals surface area contributed by atoms with Crippen molar-refractivity contribution in [3.63, 3.8) is 0 Å². The van der Waals surface area contributed by atoms with Gasteiger partial charge in [-0.25, -0.2) is 9.07 Å². The van der Waals surface area contributed by atoms with Crippen molar-refractivity contribution in [1.82, 2.24) is 14.7 Å². The second-order valence-electron chi connectivity index (χ2n) is 5.68. The molecule has 0 spiro atoms. The van der Waals surface area contributed by atoms with Crippen molar-refractivity contribution in [2.45, 2.75) is 26.4 Å². The number of morpholine rings is 1. The molecule has 1 saturated heterocycles. The minimum absolute atomic E-state index is 0.0228. The highest BCUT2D eigenvalue weighted by atomic mass is 19.1. The van der Waals surface area contributed by atoms with E-state index < -0.39 is 0 Å². The van der Waals surface area contributed by atoms with Crippen LogP contribution < -0.4 is 0 Å². The molecular weight excluding hydrogens is 297 g/mol. The van der Waals surface area contributed by atoms with Gasteiger partial charge in [0.2, 0.25) is 0 Å². The van der Waals surface area contributed by atoms with Gasteiger partial charge >= 0.3 is 0 Å². The van der Waals surface area contributed by atoms with Crippen LogP contribution in [-0.2, 0) is 11.2 Å². The van der Waals surface area contributed by atoms with E-state index in [1.807, 2.05) is 13.8 Å². The van der Waals surface area contributed by atoms with Gasteiger partial charge in [0.15, 0.2) is 0 Å². The number of benzene rings is 1. The third kappa shape index (κ3) is 3.12. The minimum atomic E-state index is -0.294. The van der Waals surface area contributed by atoms with E-state index in [4.69, 9.17) is 4.74 Å². The number of carbonyl (C=O) groups is 1. The van der Waals surface area contributed by atoms with Crippen LogP contribution in [0.25, 0.3) is 5.69 Å². The number of nitrogens with zero attached hydrogens (tertiary/aromatic N) is 3. The van der Waals surface area contributed by atoms with Crippen LogP contribution >= 0.6 is 0 Å². The topological polar surface area (TPSA) is 47.4 Å². The molecule has 0 bridgehead atoms. The Morgan fingerprint density at radius 1 is 1.39 bits per heavy atom. The van der Waals surface area contributed by atoms with Crippen molar-refractivity contribution in [3.8, 4) is 5.69 Å². The molecule has 2 heterocycles. The lowest BCUT2D eigenvalue weighted by molar-refractivity contribution is -0.0124. The van der Waals surface area contributed by atoms with Gasteiger partial charge in [0.05, 0.1) is 35.9 Å². The Hall–Kier alpha value is -2.21. The summed E-state index contributed by atoms with van der Waals surface area (Å²) in [5.74, 6) is -0.317. The fourth-order valence-corrected chi connectivity index (χ4v) is 2.87. The molecule has 1 aliphatic heterocycles. The number of ether oxygens (including phenoxy) is 1. The number of aromatic nitrogens is 2. The quantitative estimate of drug-likeness (QED) is 0.873. The third-order valence-electron chi connectivity index (χ3n) is 4.03. The average molecular weight is 317 g/mol. The summed E-state index contributed by atoms with van der Waals surface area (Å²) in [5, 5.41) is 4.34. The highest BCUT2D eigenvalue weighted by Gasteiger charge is 2.26. The molecule has 3 rings (SSSR count). The third-order valence-corrected chi connectivity index (χ3v) is 4.03. The molecule has 1 atom stereocenters. The Morgan fingerprint density at radius 3 is 2.78 bits per heavy atom. The van der Waals surface area contributed by atoms with E-state index in [-0.39, 0.29) is 17.8 Å². The molecule has 1 amide bonds.